The van der Waals surface area contributed by atoms with Crippen LogP contribution >= 0.6 is 0 Å². The van der Waals surface area contributed by atoms with E-state index < -0.39 is 0 Å². The molecule has 160 valence electrons. The van der Waals surface area contributed by atoms with Crippen molar-refractivity contribution in [2.45, 2.75) is 31.8 Å². The fraction of sp³-hybridized carbons (Fsp3) is 0.292. The van der Waals surface area contributed by atoms with Crippen LogP contribution in [0.3, 0.4) is 0 Å². The summed E-state index contributed by atoms with van der Waals surface area (Å²) in [6.45, 7) is 1.27. The molecule has 4 rings (SSSR count). The largest absolute Gasteiger partial charge is 0.497 e. The number of likely N-dealkylation sites (tertiary alicyclic amines) is 1. The third-order valence-electron chi connectivity index (χ3n) is 5.54. The fourth-order valence-electron chi connectivity index (χ4n) is 3.97. The second-order valence-electron chi connectivity index (χ2n) is 7.61. The molecule has 0 aliphatic carbocycles. The molecule has 0 saturated carbocycles. The predicted octanol–water partition coefficient (Wildman–Crippen LogP) is 3.90. The normalized spacial score (nSPS) is 15.6. The molecule has 1 atom stereocenters. The van der Waals surface area contributed by atoms with E-state index in [0.717, 1.165) is 24.2 Å². The highest BCUT2D eigenvalue weighted by Crippen LogP contribution is 2.34. The quantitative estimate of drug-likeness (QED) is 0.631. The van der Waals surface area contributed by atoms with E-state index in [1.807, 2.05) is 39.9 Å². The Labute approximate surface area is 181 Å². The number of nitrogens with zero attached hydrogens (tertiary/aromatic N) is 3. The lowest BCUT2D eigenvalue weighted by molar-refractivity contribution is -0.116. The zero-order valence-corrected chi connectivity index (χ0v) is 17.5. The Hall–Kier alpha value is -3.61. The van der Waals surface area contributed by atoms with Gasteiger partial charge >= 0.3 is 0 Å². The fourth-order valence-corrected chi connectivity index (χ4v) is 3.97. The third-order valence-corrected chi connectivity index (χ3v) is 5.54. The lowest BCUT2D eigenvalue weighted by Crippen LogP contribution is -2.30. The number of amides is 2. The minimum atomic E-state index is -0.103. The summed E-state index contributed by atoms with van der Waals surface area (Å²) in [7, 11) is 1.64. The van der Waals surface area contributed by atoms with Gasteiger partial charge in [-0.05, 0) is 48.7 Å². The maximum Gasteiger partial charge on any atom is 0.254 e. The molecule has 1 N–H and O–H groups in total. The summed E-state index contributed by atoms with van der Waals surface area (Å²) in [4.78, 5) is 31.5. The number of hydrogen-bond acceptors (Lipinski definition) is 4. The standard InChI is InChI=1S/C24H26N4O3/c1-31-21-8-3-5-18(16-21)22-9-4-12-28(22)24(30)19-6-2-7-20(15-19)26-23(29)10-13-27-14-11-25-17-27/h2-3,5-8,11,14-17,22H,4,9-10,12-13H2,1H3,(H,26,29). The number of ether oxygens (including phenoxy) is 1. The smallest absolute Gasteiger partial charge is 0.254 e. The van der Waals surface area contributed by atoms with Gasteiger partial charge in [-0.2, -0.15) is 0 Å². The van der Waals surface area contributed by atoms with Crippen LogP contribution in [0.25, 0.3) is 0 Å². The summed E-state index contributed by atoms with van der Waals surface area (Å²) in [5, 5.41) is 2.89. The number of carbonyl (C=O) groups excluding carboxylic acids is 2. The van der Waals surface area contributed by atoms with Gasteiger partial charge in [0.25, 0.3) is 5.91 Å². The number of rotatable bonds is 7. The molecule has 1 aromatic heterocycles. The van der Waals surface area contributed by atoms with Crippen LogP contribution in [0.5, 0.6) is 5.75 Å². The molecule has 3 aromatic rings. The molecule has 1 aliphatic heterocycles. The van der Waals surface area contributed by atoms with Crippen LogP contribution in [0, 0.1) is 0 Å². The Morgan fingerprint density at radius 1 is 1.19 bits per heavy atom. The van der Waals surface area contributed by atoms with Crippen LogP contribution in [-0.2, 0) is 11.3 Å². The van der Waals surface area contributed by atoms with Gasteiger partial charge in [-0.25, -0.2) is 4.98 Å². The Morgan fingerprint density at radius 2 is 2.06 bits per heavy atom. The van der Waals surface area contributed by atoms with Gasteiger partial charge in [-0.1, -0.05) is 18.2 Å². The number of imidazole rings is 1. The van der Waals surface area contributed by atoms with Crippen molar-refractivity contribution in [2.75, 3.05) is 19.0 Å². The molecule has 0 bridgehead atoms. The molecule has 0 spiro atoms. The summed E-state index contributed by atoms with van der Waals surface area (Å²) >= 11 is 0. The van der Waals surface area contributed by atoms with E-state index in [1.54, 1.807) is 43.9 Å². The average Bonchev–Trinajstić information content (AvgIpc) is 3.49. The Morgan fingerprint density at radius 3 is 2.87 bits per heavy atom. The lowest BCUT2D eigenvalue weighted by Gasteiger charge is -2.25. The lowest BCUT2D eigenvalue weighted by atomic mass is 10.0. The Kier molecular flexibility index (Phi) is 6.31. The molecule has 1 fully saturated rings. The monoisotopic (exact) mass is 418 g/mol. The summed E-state index contributed by atoms with van der Waals surface area (Å²) in [6, 6.07) is 15.1. The van der Waals surface area contributed by atoms with Crippen molar-refractivity contribution in [1.29, 1.82) is 0 Å². The van der Waals surface area contributed by atoms with Crippen LogP contribution in [0.4, 0.5) is 5.69 Å². The molecule has 7 nitrogen and oxygen atoms in total. The van der Waals surface area contributed by atoms with Gasteiger partial charge in [0.05, 0.1) is 19.5 Å². The van der Waals surface area contributed by atoms with Crippen LogP contribution in [0.1, 0.15) is 41.2 Å². The van der Waals surface area contributed by atoms with E-state index in [9.17, 15) is 9.59 Å². The molecule has 2 aromatic carbocycles. The predicted molar refractivity (Wildman–Crippen MR) is 118 cm³/mol. The highest BCUT2D eigenvalue weighted by atomic mass is 16.5. The van der Waals surface area contributed by atoms with Gasteiger partial charge in [-0.3, -0.25) is 9.59 Å². The Bertz CT molecular complexity index is 1050. The summed E-state index contributed by atoms with van der Waals surface area (Å²) in [5.41, 5.74) is 2.27. The molecule has 1 saturated heterocycles. The van der Waals surface area contributed by atoms with E-state index in [4.69, 9.17) is 4.74 Å². The zero-order chi connectivity index (χ0) is 21.6. The van der Waals surface area contributed by atoms with Crippen molar-refractivity contribution >= 4 is 17.5 Å². The molecular weight excluding hydrogens is 392 g/mol. The number of nitrogens with one attached hydrogen (secondary N) is 1. The molecule has 2 heterocycles. The minimum Gasteiger partial charge on any atom is -0.497 e. The van der Waals surface area contributed by atoms with Gasteiger partial charge in [0.15, 0.2) is 0 Å². The van der Waals surface area contributed by atoms with E-state index in [0.29, 0.717) is 30.8 Å². The number of aryl methyl sites for hydroxylation is 1. The highest BCUT2D eigenvalue weighted by Gasteiger charge is 2.30. The van der Waals surface area contributed by atoms with Crippen molar-refractivity contribution in [3.8, 4) is 5.75 Å². The Balaban J connectivity index is 1.43. The number of aromatic nitrogens is 2. The summed E-state index contributed by atoms with van der Waals surface area (Å²) < 4.78 is 7.20. The molecule has 2 amide bonds. The van der Waals surface area contributed by atoms with Gasteiger partial charge < -0.3 is 19.5 Å². The summed E-state index contributed by atoms with van der Waals surface area (Å²) in [5.74, 6) is 0.658. The van der Waals surface area contributed by atoms with Crippen molar-refractivity contribution in [1.82, 2.24) is 14.5 Å². The molecule has 1 aliphatic rings. The second kappa shape index (κ2) is 9.47. The molecule has 0 radical (unpaired) electrons. The van der Waals surface area contributed by atoms with Crippen molar-refractivity contribution in [3.63, 3.8) is 0 Å². The number of hydrogen-bond donors (Lipinski definition) is 1. The SMILES string of the molecule is COc1cccc(C2CCCN2C(=O)c2cccc(NC(=O)CCn3ccnc3)c2)c1. The van der Waals surface area contributed by atoms with Crippen molar-refractivity contribution in [2.24, 2.45) is 0 Å². The number of methoxy groups -OCH3 is 1. The molecular formula is C24H26N4O3. The first-order valence-electron chi connectivity index (χ1n) is 10.4. The first kappa shape index (κ1) is 20.7. The van der Waals surface area contributed by atoms with E-state index in [1.165, 1.54) is 0 Å². The zero-order valence-electron chi connectivity index (χ0n) is 17.5. The summed E-state index contributed by atoms with van der Waals surface area (Å²) in [6.07, 6.45) is 7.40. The van der Waals surface area contributed by atoms with Gasteiger partial charge in [0.1, 0.15) is 5.75 Å². The van der Waals surface area contributed by atoms with Crippen molar-refractivity contribution in [3.05, 3.63) is 78.4 Å². The van der Waals surface area contributed by atoms with Crippen LogP contribution < -0.4 is 10.1 Å². The number of benzene rings is 2. The molecule has 7 heteroatoms. The van der Waals surface area contributed by atoms with Crippen molar-refractivity contribution < 1.29 is 14.3 Å². The average molecular weight is 418 g/mol. The maximum atomic E-state index is 13.3. The van der Waals surface area contributed by atoms with E-state index in [-0.39, 0.29) is 17.9 Å². The van der Waals surface area contributed by atoms with Crippen LogP contribution in [0.15, 0.2) is 67.3 Å². The van der Waals surface area contributed by atoms with Crippen LogP contribution in [-0.4, -0.2) is 39.9 Å². The first-order chi connectivity index (χ1) is 15.1. The topological polar surface area (TPSA) is 76.5 Å². The van der Waals surface area contributed by atoms with Gasteiger partial charge in [0.2, 0.25) is 5.91 Å². The molecule has 31 heavy (non-hydrogen) atoms. The number of carbonyl (C=O) groups is 2. The van der Waals surface area contributed by atoms with E-state index in [2.05, 4.69) is 10.3 Å². The van der Waals surface area contributed by atoms with Crippen LogP contribution in [0.2, 0.25) is 0 Å². The third kappa shape index (κ3) is 4.94. The number of anilines is 1. The second-order valence-corrected chi connectivity index (χ2v) is 7.61. The molecule has 1 unspecified atom stereocenters. The first-order valence-corrected chi connectivity index (χ1v) is 10.4. The van der Waals surface area contributed by atoms with E-state index >= 15 is 0 Å². The minimum absolute atomic E-state index is 0.0241. The van der Waals surface area contributed by atoms with Gasteiger partial charge in [0, 0.05) is 43.2 Å². The van der Waals surface area contributed by atoms with Gasteiger partial charge in [-0.15, -0.1) is 0 Å². The maximum absolute atomic E-state index is 13.3. The highest BCUT2D eigenvalue weighted by molar-refractivity contribution is 5.97.